The summed E-state index contributed by atoms with van der Waals surface area (Å²) in [4.78, 5) is 33.1. The number of benzene rings is 2. The van der Waals surface area contributed by atoms with Crippen molar-refractivity contribution in [1.29, 1.82) is 0 Å². The van der Waals surface area contributed by atoms with Crippen LogP contribution in [0.25, 0.3) is 12.2 Å². The van der Waals surface area contributed by atoms with Gasteiger partial charge in [0.1, 0.15) is 11.5 Å². The van der Waals surface area contributed by atoms with Crippen LogP contribution in [0.3, 0.4) is 0 Å². The number of unbranched alkanes of at least 4 members (excludes halogenated alkanes) is 7. The van der Waals surface area contributed by atoms with E-state index in [0.717, 1.165) is 30.0 Å². The Kier molecular flexibility index (Phi) is 18.9. The Morgan fingerprint density at radius 1 is 0.587 bits per heavy atom. The molecule has 6 heteroatoms. The summed E-state index contributed by atoms with van der Waals surface area (Å²) in [6.07, 6.45) is 36.8. The largest absolute Gasteiger partial charge is 0.478 e. The van der Waals surface area contributed by atoms with Crippen molar-refractivity contribution in [2.45, 2.75) is 71.6 Å². The molecular formula is C40H46O6. The zero-order chi connectivity index (χ0) is 33.2. The molecule has 0 fully saturated rings. The standard InChI is InChI=1S/C40H46O6/c1-33(41)45-38-30-37(31-39(32-38)46-34(2)42)29-28-36-26-24-35(25-27-36)22-20-18-16-14-12-10-8-6-4-3-5-7-9-11-13-15-17-19-21-23-40(43)44/h3-5,7,9,11,13,15,17,19,21,23-32H,6,8,10,12,14,16,18,20,22H2,1-2H3,(H,43,44). The molecule has 0 unspecified atom stereocenters. The highest BCUT2D eigenvalue weighted by Crippen LogP contribution is 2.25. The number of allylic oxidation sites excluding steroid dienone is 11. The molecule has 0 bridgehead atoms. The molecule has 2 rings (SSSR count). The number of hydrogen-bond acceptors (Lipinski definition) is 5. The van der Waals surface area contributed by atoms with Gasteiger partial charge in [-0.25, -0.2) is 4.79 Å². The van der Waals surface area contributed by atoms with E-state index in [0.29, 0.717) is 11.5 Å². The molecule has 0 aliphatic carbocycles. The number of aliphatic carboxylic acids is 1. The third-order valence-electron chi connectivity index (χ3n) is 6.58. The van der Waals surface area contributed by atoms with Crippen LogP contribution >= 0.6 is 0 Å². The highest BCUT2D eigenvalue weighted by Gasteiger charge is 2.06. The molecule has 0 amide bonds. The van der Waals surface area contributed by atoms with Gasteiger partial charge in [0.15, 0.2) is 0 Å². The van der Waals surface area contributed by atoms with E-state index in [2.05, 4.69) is 36.4 Å². The summed E-state index contributed by atoms with van der Waals surface area (Å²) in [6, 6.07) is 13.5. The van der Waals surface area contributed by atoms with Gasteiger partial charge < -0.3 is 14.6 Å². The molecule has 0 atom stereocenters. The zero-order valence-electron chi connectivity index (χ0n) is 27.0. The van der Waals surface area contributed by atoms with Gasteiger partial charge in [-0.1, -0.05) is 135 Å². The topological polar surface area (TPSA) is 89.9 Å². The van der Waals surface area contributed by atoms with Gasteiger partial charge in [-0.2, -0.15) is 0 Å². The Morgan fingerprint density at radius 2 is 1.07 bits per heavy atom. The molecule has 0 radical (unpaired) electrons. The molecule has 2 aromatic rings. The SMILES string of the molecule is CC(=O)Oc1cc(C=Cc2ccc(CCCCCCCCCC=CC=CC=CC=CC=CC=CC(=O)O)cc2)cc(OC(C)=O)c1. The van der Waals surface area contributed by atoms with Gasteiger partial charge in [-0.3, -0.25) is 9.59 Å². The van der Waals surface area contributed by atoms with E-state index in [4.69, 9.17) is 14.6 Å². The van der Waals surface area contributed by atoms with E-state index >= 15 is 0 Å². The van der Waals surface area contributed by atoms with Gasteiger partial charge in [0.05, 0.1) is 0 Å². The smallest absolute Gasteiger partial charge is 0.328 e. The normalized spacial score (nSPS) is 12.2. The average Bonchev–Trinajstić information content (AvgIpc) is 3.00. The summed E-state index contributed by atoms with van der Waals surface area (Å²) in [5.41, 5.74) is 3.15. The average molecular weight is 623 g/mol. The van der Waals surface area contributed by atoms with E-state index in [1.165, 1.54) is 76.5 Å². The van der Waals surface area contributed by atoms with Crippen LogP contribution < -0.4 is 9.47 Å². The second-order valence-corrected chi connectivity index (χ2v) is 10.7. The van der Waals surface area contributed by atoms with Gasteiger partial charge in [0, 0.05) is 26.0 Å². The van der Waals surface area contributed by atoms with Crippen molar-refractivity contribution in [3.05, 3.63) is 132 Å². The van der Waals surface area contributed by atoms with Crippen LogP contribution in [0.2, 0.25) is 0 Å². The number of rotatable bonds is 20. The molecule has 0 aromatic heterocycles. The second-order valence-electron chi connectivity index (χ2n) is 10.7. The minimum absolute atomic E-state index is 0.328. The van der Waals surface area contributed by atoms with E-state index in [-0.39, 0.29) is 0 Å². The van der Waals surface area contributed by atoms with Crippen LogP contribution in [0.5, 0.6) is 11.5 Å². The number of aryl methyl sites for hydroxylation is 1. The molecule has 0 saturated carbocycles. The predicted octanol–water partition coefficient (Wildman–Crippen LogP) is 9.79. The Balaban J connectivity index is 1.57. The first-order valence-electron chi connectivity index (χ1n) is 15.8. The van der Waals surface area contributed by atoms with Gasteiger partial charge in [0.2, 0.25) is 0 Å². The molecule has 0 saturated heterocycles. The maximum atomic E-state index is 11.4. The number of carbonyl (C=O) groups is 3. The third-order valence-corrected chi connectivity index (χ3v) is 6.58. The number of carboxylic acids is 1. The first-order chi connectivity index (χ1) is 22.3. The summed E-state index contributed by atoms with van der Waals surface area (Å²) in [7, 11) is 0. The molecule has 0 aliphatic heterocycles. The lowest BCUT2D eigenvalue weighted by Crippen LogP contribution is -2.04. The fourth-order valence-electron chi connectivity index (χ4n) is 4.43. The summed E-state index contributed by atoms with van der Waals surface area (Å²) < 4.78 is 10.4. The molecule has 1 N–H and O–H groups in total. The van der Waals surface area contributed by atoms with E-state index in [1.807, 2.05) is 48.6 Å². The maximum absolute atomic E-state index is 11.4. The zero-order valence-corrected chi connectivity index (χ0v) is 27.0. The Labute approximate surface area is 273 Å². The van der Waals surface area contributed by atoms with Crippen molar-refractivity contribution >= 4 is 30.1 Å². The fourth-order valence-corrected chi connectivity index (χ4v) is 4.43. The summed E-state index contributed by atoms with van der Waals surface area (Å²) in [5.74, 6) is -1.17. The lowest BCUT2D eigenvalue weighted by atomic mass is 10.0. The van der Waals surface area contributed by atoms with Crippen LogP contribution in [0, 0.1) is 0 Å². The number of esters is 2. The highest BCUT2D eigenvalue weighted by molar-refractivity contribution is 5.80. The van der Waals surface area contributed by atoms with Crippen molar-refractivity contribution < 1.29 is 29.0 Å². The molecular weight excluding hydrogens is 576 g/mol. The minimum Gasteiger partial charge on any atom is -0.478 e. The number of hydrogen-bond donors (Lipinski definition) is 1. The van der Waals surface area contributed by atoms with Crippen LogP contribution in [-0.2, 0) is 20.8 Å². The molecule has 6 nitrogen and oxygen atoms in total. The van der Waals surface area contributed by atoms with Gasteiger partial charge in [-0.05, 0) is 54.5 Å². The van der Waals surface area contributed by atoms with E-state index < -0.39 is 17.9 Å². The van der Waals surface area contributed by atoms with Crippen molar-refractivity contribution in [1.82, 2.24) is 0 Å². The second kappa shape index (κ2) is 23.4. The maximum Gasteiger partial charge on any atom is 0.328 e. The van der Waals surface area contributed by atoms with E-state index in [1.54, 1.807) is 24.3 Å². The van der Waals surface area contributed by atoms with Crippen LogP contribution in [0.4, 0.5) is 0 Å². The van der Waals surface area contributed by atoms with Crippen molar-refractivity contribution in [2.75, 3.05) is 0 Å². The molecule has 0 aliphatic rings. The fraction of sp³-hybridized carbons (Fsp3) is 0.275. The summed E-state index contributed by atoms with van der Waals surface area (Å²) >= 11 is 0. The Morgan fingerprint density at radius 3 is 1.61 bits per heavy atom. The van der Waals surface area contributed by atoms with Gasteiger partial charge in [0.25, 0.3) is 0 Å². The Hall–Kier alpha value is -4.97. The Bertz CT molecular complexity index is 1400. The van der Waals surface area contributed by atoms with Crippen molar-refractivity contribution in [3.63, 3.8) is 0 Å². The molecule has 46 heavy (non-hydrogen) atoms. The monoisotopic (exact) mass is 622 g/mol. The minimum atomic E-state index is -0.953. The van der Waals surface area contributed by atoms with Gasteiger partial charge >= 0.3 is 17.9 Å². The third kappa shape index (κ3) is 19.3. The predicted molar refractivity (Wildman–Crippen MR) is 188 cm³/mol. The van der Waals surface area contributed by atoms with Crippen LogP contribution in [-0.4, -0.2) is 23.0 Å². The van der Waals surface area contributed by atoms with E-state index in [9.17, 15) is 14.4 Å². The first kappa shape index (κ1) is 37.2. The lowest BCUT2D eigenvalue weighted by molar-refractivity contribution is -0.132. The molecule has 242 valence electrons. The summed E-state index contributed by atoms with van der Waals surface area (Å²) in [5, 5.41) is 8.49. The van der Waals surface area contributed by atoms with Gasteiger partial charge in [-0.15, -0.1) is 0 Å². The van der Waals surface area contributed by atoms with Crippen molar-refractivity contribution in [2.24, 2.45) is 0 Å². The number of carboxylic acid groups (broad SMARTS) is 1. The molecule has 0 spiro atoms. The summed E-state index contributed by atoms with van der Waals surface area (Å²) in [6.45, 7) is 2.66. The van der Waals surface area contributed by atoms with Crippen LogP contribution in [0.15, 0.2) is 115 Å². The quantitative estimate of drug-likeness (QED) is 0.0395. The van der Waals surface area contributed by atoms with Crippen molar-refractivity contribution in [3.8, 4) is 11.5 Å². The first-order valence-corrected chi connectivity index (χ1v) is 15.8. The number of ether oxygens (including phenoxy) is 2. The molecule has 2 aromatic carbocycles. The van der Waals surface area contributed by atoms with Crippen LogP contribution in [0.1, 0.15) is 81.9 Å². The highest BCUT2D eigenvalue weighted by atomic mass is 16.5. The number of carbonyl (C=O) groups excluding carboxylic acids is 2. The lowest BCUT2D eigenvalue weighted by Gasteiger charge is -2.07. The molecule has 0 heterocycles.